The highest BCUT2D eigenvalue weighted by molar-refractivity contribution is 14.1. The Morgan fingerprint density at radius 3 is 2.67 bits per heavy atom. The van der Waals surface area contributed by atoms with E-state index in [1.54, 1.807) is 19.1 Å². The van der Waals surface area contributed by atoms with Gasteiger partial charge >= 0.3 is 5.97 Å². The van der Waals surface area contributed by atoms with E-state index in [0.717, 1.165) is 3.57 Å². The van der Waals surface area contributed by atoms with Crippen LogP contribution in [0.25, 0.3) is 0 Å². The summed E-state index contributed by atoms with van der Waals surface area (Å²) in [4.78, 5) is 22.6. The topological polar surface area (TPSA) is 43.4 Å². The second-order valence-corrected chi connectivity index (χ2v) is 4.57. The molecule has 0 bridgehead atoms. The molecule has 0 N–H and O–H groups in total. The summed E-state index contributed by atoms with van der Waals surface area (Å²) in [6.07, 6.45) is 0.615. The van der Waals surface area contributed by atoms with Gasteiger partial charge < -0.3 is 9.53 Å². The first-order valence-electron chi connectivity index (χ1n) is 4.35. The number of halogens is 1. The fourth-order valence-corrected chi connectivity index (χ4v) is 1.80. The van der Waals surface area contributed by atoms with Crippen molar-refractivity contribution in [3.05, 3.63) is 33.4 Å². The number of benzene rings is 1. The molecule has 1 unspecified atom stereocenters. The third-order valence-electron chi connectivity index (χ3n) is 2.27. The maximum atomic E-state index is 11.5. The fraction of sp³-hybridized carbons (Fsp3) is 0.273. The molecule has 0 aliphatic carbocycles. The van der Waals surface area contributed by atoms with Crippen LogP contribution in [0.3, 0.4) is 0 Å². The summed E-state index contributed by atoms with van der Waals surface area (Å²) in [5.41, 5.74) is -0.563. The molecule has 3 nitrogen and oxygen atoms in total. The van der Waals surface area contributed by atoms with Crippen molar-refractivity contribution in [2.45, 2.75) is 12.3 Å². The average molecular weight is 318 g/mol. The van der Waals surface area contributed by atoms with E-state index in [-0.39, 0.29) is 0 Å². The Hall–Kier alpha value is -0.910. The Balaban J connectivity index is 3.22. The van der Waals surface area contributed by atoms with Crippen LogP contribution in [-0.4, -0.2) is 19.4 Å². The molecule has 0 spiro atoms. The fourth-order valence-electron chi connectivity index (χ4n) is 1.26. The quantitative estimate of drug-likeness (QED) is 0.370. The molecule has 1 aromatic rings. The lowest BCUT2D eigenvalue weighted by atomic mass is 9.84. The SMILES string of the molecule is COC(=O)C(C)(C=O)c1cccc(I)c1. The second-order valence-electron chi connectivity index (χ2n) is 3.32. The summed E-state index contributed by atoms with van der Waals surface area (Å²) >= 11 is 2.13. The van der Waals surface area contributed by atoms with Gasteiger partial charge in [-0.3, -0.25) is 4.79 Å². The van der Waals surface area contributed by atoms with Crippen LogP contribution in [0.15, 0.2) is 24.3 Å². The van der Waals surface area contributed by atoms with Crippen molar-refractivity contribution in [2.75, 3.05) is 7.11 Å². The van der Waals surface area contributed by atoms with Crippen LogP contribution in [-0.2, 0) is 19.7 Å². The van der Waals surface area contributed by atoms with Gasteiger partial charge in [0, 0.05) is 3.57 Å². The number of rotatable bonds is 3. The number of hydrogen-bond acceptors (Lipinski definition) is 3. The highest BCUT2D eigenvalue weighted by Crippen LogP contribution is 2.24. The van der Waals surface area contributed by atoms with Crippen molar-refractivity contribution >= 4 is 34.8 Å². The lowest BCUT2D eigenvalue weighted by molar-refractivity contribution is -0.148. The van der Waals surface area contributed by atoms with Crippen molar-refractivity contribution in [2.24, 2.45) is 0 Å². The number of hydrogen-bond donors (Lipinski definition) is 0. The van der Waals surface area contributed by atoms with Crippen LogP contribution in [0, 0.1) is 3.57 Å². The second kappa shape index (κ2) is 4.74. The van der Waals surface area contributed by atoms with Crippen molar-refractivity contribution in [1.29, 1.82) is 0 Å². The zero-order valence-electron chi connectivity index (χ0n) is 8.49. The summed E-state index contributed by atoms with van der Waals surface area (Å²) in [6, 6.07) is 7.24. The first kappa shape index (κ1) is 12.2. The molecule has 1 aromatic carbocycles. The lowest BCUT2D eigenvalue weighted by Crippen LogP contribution is -2.35. The number of esters is 1. The molecule has 4 heteroatoms. The van der Waals surface area contributed by atoms with Gasteiger partial charge in [-0.1, -0.05) is 12.1 Å². The minimum Gasteiger partial charge on any atom is -0.468 e. The van der Waals surface area contributed by atoms with Gasteiger partial charge in [0.15, 0.2) is 0 Å². The van der Waals surface area contributed by atoms with Crippen LogP contribution in [0.4, 0.5) is 0 Å². The monoisotopic (exact) mass is 318 g/mol. The number of carbonyl (C=O) groups is 2. The summed E-state index contributed by atoms with van der Waals surface area (Å²) in [7, 11) is 1.28. The molecule has 0 amide bonds. The molecular weight excluding hydrogens is 307 g/mol. The van der Waals surface area contributed by atoms with Gasteiger partial charge in [0.2, 0.25) is 0 Å². The van der Waals surface area contributed by atoms with Crippen molar-refractivity contribution in [1.82, 2.24) is 0 Å². The summed E-state index contributed by atoms with van der Waals surface area (Å²) < 4.78 is 5.60. The molecule has 1 rings (SSSR count). The summed E-state index contributed by atoms with van der Waals surface area (Å²) in [5, 5.41) is 0. The van der Waals surface area contributed by atoms with Crippen LogP contribution >= 0.6 is 22.6 Å². The van der Waals surface area contributed by atoms with Crippen molar-refractivity contribution in [3.8, 4) is 0 Å². The average Bonchev–Trinajstić information content (AvgIpc) is 2.26. The first-order chi connectivity index (χ1) is 7.04. The summed E-state index contributed by atoms with van der Waals surface area (Å²) in [5.74, 6) is -0.542. The maximum absolute atomic E-state index is 11.5. The molecule has 0 heterocycles. The molecule has 0 aliphatic heterocycles. The van der Waals surface area contributed by atoms with Gasteiger partial charge in [-0.15, -0.1) is 0 Å². The van der Waals surface area contributed by atoms with E-state index in [0.29, 0.717) is 11.8 Å². The standard InChI is InChI=1S/C11H11IO3/c1-11(7-13,10(14)15-2)8-4-3-5-9(12)6-8/h3-7H,1-2H3. The van der Waals surface area contributed by atoms with E-state index in [4.69, 9.17) is 0 Å². The van der Waals surface area contributed by atoms with Crippen LogP contribution in [0.2, 0.25) is 0 Å². The molecule has 0 radical (unpaired) electrons. The van der Waals surface area contributed by atoms with Gasteiger partial charge in [0.05, 0.1) is 7.11 Å². The lowest BCUT2D eigenvalue weighted by Gasteiger charge is -2.20. The van der Waals surface area contributed by atoms with Gasteiger partial charge in [-0.25, -0.2) is 0 Å². The third-order valence-corrected chi connectivity index (χ3v) is 2.94. The number of ether oxygens (including phenoxy) is 1. The van der Waals surface area contributed by atoms with Crippen molar-refractivity contribution < 1.29 is 14.3 Å². The van der Waals surface area contributed by atoms with Crippen molar-refractivity contribution in [3.63, 3.8) is 0 Å². The minimum atomic E-state index is -1.21. The Labute approximate surface area is 102 Å². The van der Waals surface area contributed by atoms with Gasteiger partial charge in [0.25, 0.3) is 0 Å². The van der Waals surface area contributed by atoms with E-state index in [1.807, 2.05) is 12.1 Å². The molecule has 0 aliphatic rings. The van der Waals surface area contributed by atoms with Crippen LogP contribution in [0.1, 0.15) is 12.5 Å². The van der Waals surface area contributed by atoms with E-state index in [9.17, 15) is 9.59 Å². The largest absolute Gasteiger partial charge is 0.468 e. The van der Waals surface area contributed by atoms with E-state index in [2.05, 4.69) is 27.3 Å². The summed E-state index contributed by atoms with van der Waals surface area (Å²) in [6.45, 7) is 1.55. The number of methoxy groups -OCH3 is 1. The van der Waals surface area contributed by atoms with E-state index in [1.165, 1.54) is 7.11 Å². The zero-order chi connectivity index (χ0) is 11.5. The minimum absolute atomic E-state index is 0.542. The van der Waals surface area contributed by atoms with E-state index >= 15 is 0 Å². The smallest absolute Gasteiger partial charge is 0.323 e. The first-order valence-corrected chi connectivity index (χ1v) is 5.43. The molecular formula is C11H11IO3. The number of aldehydes is 1. The zero-order valence-corrected chi connectivity index (χ0v) is 10.6. The Morgan fingerprint density at radius 2 is 2.20 bits per heavy atom. The third kappa shape index (κ3) is 2.37. The number of carbonyl (C=O) groups excluding carboxylic acids is 2. The molecule has 0 aromatic heterocycles. The Bertz CT molecular complexity index is 389. The van der Waals surface area contributed by atoms with Gasteiger partial charge in [-0.05, 0) is 47.2 Å². The molecule has 0 saturated carbocycles. The van der Waals surface area contributed by atoms with Gasteiger partial charge in [-0.2, -0.15) is 0 Å². The molecule has 1 atom stereocenters. The maximum Gasteiger partial charge on any atom is 0.323 e. The highest BCUT2D eigenvalue weighted by Gasteiger charge is 2.36. The highest BCUT2D eigenvalue weighted by atomic mass is 127. The Morgan fingerprint density at radius 1 is 1.53 bits per heavy atom. The van der Waals surface area contributed by atoms with Crippen LogP contribution < -0.4 is 0 Å². The normalized spacial score (nSPS) is 14.1. The molecule has 0 saturated heterocycles. The predicted octanol–water partition coefficient (Wildman–Crippen LogP) is 1.92. The van der Waals surface area contributed by atoms with E-state index < -0.39 is 11.4 Å². The predicted molar refractivity (Wildman–Crippen MR) is 64.6 cm³/mol. The Kier molecular flexibility index (Phi) is 3.84. The molecule has 0 fully saturated rings. The van der Waals surface area contributed by atoms with Crippen LogP contribution in [0.5, 0.6) is 0 Å². The van der Waals surface area contributed by atoms with Gasteiger partial charge in [0.1, 0.15) is 11.7 Å². The molecule has 15 heavy (non-hydrogen) atoms. The molecule has 80 valence electrons.